The summed E-state index contributed by atoms with van der Waals surface area (Å²) in [4.78, 5) is 34.4. The third-order valence-corrected chi connectivity index (χ3v) is 5.88. The Hall–Kier alpha value is -1.63. The molecule has 0 saturated carbocycles. The molecule has 3 rings (SSSR count). The summed E-state index contributed by atoms with van der Waals surface area (Å²) in [5.74, 6) is 0.149. The molecule has 6 nitrogen and oxygen atoms in total. The number of aromatic nitrogens is 1. The number of rotatable bonds is 1. The fourth-order valence-electron chi connectivity index (χ4n) is 3.34. The fourth-order valence-corrected chi connectivity index (χ4v) is 4.38. The van der Waals surface area contributed by atoms with Crippen molar-refractivity contribution in [3.05, 3.63) is 10.6 Å². The number of fused-ring (bicyclic) bond motifs is 1. The van der Waals surface area contributed by atoms with E-state index in [-0.39, 0.29) is 17.4 Å². The summed E-state index contributed by atoms with van der Waals surface area (Å²) in [5, 5.41) is 3.67. The van der Waals surface area contributed by atoms with Gasteiger partial charge in [0.15, 0.2) is 5.13 Å². The Balaban J connectivity index is 1.54. The number of hydrogen-bond acceptors (Lipinski definition) is 4. The van der Waals surface area contributed by atoms with Crippen molar-refractivity contribution in [3.8, 4) is 0 Å². The molecule has 1 aliphatic heterocycles. The van der Waals surface area contributed by atoms with Crippen molar-refractivity contribution in [2.75, 3.05) is 31.5 Å². The molecular formula is C18H28N4O2S. The lowest BCUT2D eigenvalue weighted by molar-refractivity contribution is -0.140. The second-order valence-electron chi connectivity index (χ2n) is 7.91. The van der Waals surface area contributed by atoms with Crippen LogP contribution in [0.1, 0.15) is 50.6 Å². The van der Waals surface area contributed by atoms with E-state index in [2.05, 4.69) is 10.3 Å². The Kier molecular flexibility index (Phi) is 5.32. The second kappa shape index (κ2) is 7.32. The van der Waals surface area contributed by atoms with E-state index in [4.69, 9.17) is 0 Å². The number of hydrogen-bond donors (Lipinski definition) is 1. The normalized spacial score (nSPS) is 18.5. The van der Waals surface area contributed by atoms with Crippen LogP contribution in [0.2, 0.25) is 0 Å². The molecule has 7 heteroatoms. The lowest BCUT2D eigenvalue weighted by Crippen LogP contribution is -2.53. The standard InChI is InChI=1S/C18H28N4O2S/c1-18(2,3)15(23)21-9-11-22(12-10-21)17(24)20-16-19-13-7-5-4-6-8-14(13)25-16/h4-12H2,1-3H3,(H,19,20,24). The van der Waals surface area contributed by atoms with E-state index in [0.717, 1.165) is 12.8 Å². The molecule has 3 amide bonds. The van der Waals surface area contributed by atoms with Crippen LogP contribution in [0, 0.1) is 5.41 Å². The molecule has 0 atom stereocenters. The number of anilines is 1. The van der Waals surface area contributed by atoms with Crippen LogP contribution in [0.3, 0.4) is 0 Å². The smallest absolute Gasteiger partial charge is 0.323 e. The first kappa shape index (κ1) is 18.2. The number of urea groups is 1. The van der Waals surface area contributed by atoms with Crippen LogP contribution in [0.25, 0.3) is 0 Å². The van der Waals surface area contributed by atoms with Crippen LogP contribution in [0.5, 0.6) is 0 Å². The maximum Gasteiger partial charge on any atom is 0.323 e. The molecule has 1 aromatic rings. The van der Waals surface area contributed by atoms with E-state index in [9.17, 15) is 9.59 Å². The van der Waals surface area contributed by atoms with Gasteiger partial charge < -0.3 is 9.80 Å². The van der Waals surface area contributed by atoms with Crippen LogP contribution in [0.4, 0.5) is 9.93 Å². The monoisotopic (exact) mass is 364 g/mol. The van der Waals surface area contributed by atoms with Gasteiger partial charge in [-0.1, -0.05) is 27.2 Å². The third-order valence-electron chi connectivity index (χ3n) is 4.81. The van der Waals surface area contributed by atoms with Gasteiger partial charge in [0, 0.05) is 36.5 Å². The molecule has 25 heavy (non-hydrogen) atoms. The fraction of sp³-hybridized carbons (Fsp3) is 0.722. The van der Waals surface area contributed by atoms with Crippen molar-refractivity contribution in [1.29, 1.82) is 0 Å². The van der Waals surface area contributed by atoms with Gasteiger partial charge in [0.25, 0.3) is 0 Å². The van der Waals surface area contributed by atoms with Crippen LogP contribution in [0.15, 0.2) is 0 Å². The molecule has 1 fully saturated rings. The third kappa shape index (κ3) is 4.32. The highest BCUT2D eigenvalue weighted by Gasteiger charge is 2.31. The molecular weight excluding hydrogens is 336 g/mol. The molecule has 0 bridgehead atoms. The summed E-state index contributed by atoms with van der Waals surface area (Å²) < 4.78 is 0. The van der Waals surface area contributed by atoms with Crippen LogP contribution in [-0.4, -0.2) is 52.9 Å². The molecule has 0 radical (unpaired) electrons. The highest BCUT2D eigenvalue weighted by molar-refractivity contribution is 7.15. The first-order valence-corrected chi connectivity index (χ1v) is 10.00. The number of carbonyl (C=O) groups is 2. The van der Waals surface area contributed by atoms with Crippen LogP contribution in [-0.2, 0) is 17.6 Å². The van der Waals surface area contributed by atoms with Gasteiger partial charge in [-0.3, -0.25) is 10.1 Å². The molecule has 0 spiro atoms. The lowest BCUT2D eigenvalue weighted by atomic mass is 9.94. The summed E-state index contributed by atoms with van der Waals surface area (Å²) in [7, 11) is 0. The number of nitrogens with zero attached hydrogens (tertiary/aromatic N) is 3. The van der Waals surface area contributed by atoms with Gasteiger partial charge in [-0.2, -0.15) is 0 Å². The number of amides is 3. The zero-order valence-corrected chi connectivity index (χ0v) is 16.2. The minimum absolute atomic E-state index is 0.105. The van der Waals surface area contributed by atoms with Gasteiger partial charge in [0.05, 0.1) is 5.69 Å². The average molecular weight is 365 g/mol. The summed E-state index contributed by atoms with van der Waals surface area (Å²) in [6.45, 7) is 8.12. The minimum atomic E-state index is -0.372. The first-order chi connectivity index (χ1) is 11.8. The van der Waals surface area contributed by atoms with Crippen molar-refractivity contribution >= 4 is 28.4 Å². The average Bonchev–Trinajstić information content (AvgIpc) is 2.81. The van der Waals surface area contributed by atoms with Gasteiger partial charge in [-0.25, -0.2) is 9.78 Å². The Morgan fingerprint density at radius 2 is 1.64 bits per heavy atom. The van der Waals surface area contributed by atoms with Gasteiger partial charge in [-0.15, -0.1) is 11.3 Å². The maximum atomic E-state index is 12.5. The molecule has 138 valence electrons. The second-order valence-corrected chi connectivity index (χ2v) is 8.99. The number of nitrogens with one attached hydrogen (secondary N) is 1. The number of aryl methyl sites for hydroxylation is 2. The van der Waals surface area contributed by atoms with Crippen molar-refractivity contribution < 1.29 is 9.59 Å². The number of thiazole rings is 1. The number of piperazine rings is 1. The largest absolute Gasteiger partial charge is 0.339 e. The van der Waals surface area contributed by atoms with Crippen molar-refractivity contribution in [1.82, 2.24) is 14.8 Å². The highest BCUT2D eigenvalue weighted by Crippen LogP contribution is 2.29. The lowest BCUT2D eigenvalue weighted by Gasteiger charge is -2.37. The molecule has 0 aromatic carbocycles. The Labute approximate surface area is 153 Å². The summed E-state index contributed by atoms with van der Waals surface area (Å²) in [6, 6.07) is -0.105. The van der Waals surface area contributed by atoms with E-state index < -0.39 is 0 Å². The molecule has 2 heterocycles. The Morgan fingerprint density at radius 1 is 1.00 bits per heavy atom. The van der Waals surface area contributed by atoms with Crippen molar-refractivity contribution in [2.45, 2.75) is 52.9 Å². The quantitative estimate of drug-likeness (QED) is 0.779. The SMILES string of the molecule is CC(C)(C)C(=O)N1CCN(C(=O)Nc2nc3c(s2)CCCCC3)CC1. The van der Waals surface area contributed by atoms with Crippen molar-refractivity contribution in [2.24, 2.45) is 5.41 Å². The van der Waals surface area contributed by atoms with Gasteiger partial charge >= 0.3 is 6.03 Å². The molecule has 1 aromatic heterocycles. The van der Waals surface area contributed by atoms with Crippen molar-refractivity contribution in [3.63, 3.8) is 0 Å². The Bertz CT molecular complexity index is 618. The van der Waals surface area contributed by atoms with Crippen LogP contribution < -0.4 is 5.32 Å². The molecule has 2 aliphatic rings. The predicted octanol–water partition coefficient (Wildman–Crippen LogP) is 3.13. The van der Waals surface area contributed by atoms with Gasteiger partial charge in [0.1, 0.15) is 0 Å². The topological polar surface area (TPSA) is 65.5 Å². The van der Waals surface area contributed by atoms with E-state index in [1.807, 2.05) is 25.7 Å². The highest BCUT2D eigenvalue weighted by atomic mass is 32.1. The zero-order valence-electron chi connectivity index (χ0n) is 15.4. The van der Waals surface area contributed by atoms with Gasteiger partial charge in [0.2, 0.25) is 5.91 Å². The summed E-state index contributed by atoms with van der Waals surface area (Å²) in [5.41, 5.74) is 0.793. The first-order valence-electron chi connectivity index (χ1n) is 9.18. The van der Waals surface area contributed by atoms with E-state index in [1.54, 1.807) is 16.2 Å². The molecule has 1 N–H and O–H groups in total. The van der Waals surface area contributed by atoms with E-state index in [1.165, 1.54) is 29.8 Å². The van der Waals surface area contributed by atoms with Gasteiger partial charge in [-0.05, 0) is 25.7 Å². The maximum absolute atomic E-state index is 12.5. The zero-order chi connectivity index (χ0) is 18.0. The Morgan fingerprint density at radius 3 is 2.32 bits per heavy atom. The minimum Gasteiger partial charge on any atom is -0.339 e. The summed E-state index contributed by atoms with van der Waals surface area (Å²) >= 11 is 1.62. The van der Waals surface area contributed by atoms with E-state index in [0.29, 0.717) is 31.3 Å². The summed E-state index contributed by atoms with van der Waals surface area (Å²) in [6.07, 6.45) is 5.77. The molecule has 1 aliphatic carbocycles. The predicted molar refractivity (Wildman–Crippen MR) is 100.0 cm³/mol. The number of carbonyl (C=O) groups excluding carboxylic acids is 2. The molecule has 1 saturated heterocycles. The van der Waals surface area contributed by atoms with E-state index >= 15 is 0 Å². The van der Waals surface area contributed by atoms with Crippen LogP contribution >= 0.6 is 11.3 Å². The molecule has 0 unspecified atom stereocenters.